The average molecular weight is 182 g/mol. The molecule has 0 spiro atoms. The molecule has 0 N–H and O–H groups in total. The Labute approximate surface area is 70.2 Å². The second-order valence-electron chi connectivity index (χ2n) is 2.35. The average Bonchev–Trinajstić information content (AvgIpc) is 2.02. The Bertz CT molecular complexity index is 566. The lowest BCUT2D eigenvalue weighted by molar-refractivity contribution is 0.326. The number of hydrogen-bond acceptors (Lipinski definition) is 4. The van der Waals surface area contributed by atoms with Gasteiger partial charge in [-0.1, -0.05) is 6.07 Å². The lowest BCUT2D eigenvalue weighted by Gasteiger charge is -1.92. The highest BCUT2D eigenvalue weighted by molar-refractivity contribution is 5.75. The quantitative estimate of drug-likeness (QED) is 0.606. The van der Waals surface area contributed by atoms with Crippen LogP contribution in [0.25, 0.3) is 11.0 Å². The molecule has 4 nitrogen and oxygen atoms in total. The maximum Gasteiger partial charge on any atom is 0.522 e. The standard InChI is InChI=1S/C8H3FO4/c9-4-2-1-3-5-6(4)7(10)13-8(11)12-5/h1-3H. The Morgan fingerprint density at radius 2 is 1.92 bits per heavy atom. The first-order chi connectivity index (χ1) is 6.18. The van der Waals surface area contributed by atoms with Crippen molar-refractivity contribution in [2.45, 2.75) is 0 Å². The highest BCUT2D eigenvalue weighted by Gasteiger charge is 2.08. The largest absolute Gasteiger partial charge is 0.522 e. The summed E-state index contributed by atoms with van der Waals surface area (Å²) in [7, 11) is 0. The van der Waals surface area contributed by atoms with Crippen LogP contribution in [0.4, 0.5) is 4.39 Å². The van der Waals surface area contributed by atoms with Gasteiger partial charge in [-0.15, -0.1) is 0 Å². The minimum absolute atomic E-state index is 0.110. The summed E-state index contributed by atoms with van der Waals surface area (Å²) >= 11 is 0. The Kier molecular flexibility index (Phi) is 1.51. The molecular weight excluding hydrogens is 179 g/mol. The summed E-state index contributed by atoms with van der Waals surface area (Å²) in [6.07, 6.45) is 0. The molecule has 5 heteroatoms. The summed E-state index contributed by atoms with van der Waals surface area (Å²) in [4.78, 5) is 21.5. The van der Waals surface area contributed by atoms with Crippen molar-refractivity contribution in [2.75, 3.05) is 0 Å². The predicted octanol–water partition coefficient (Wildman–Crippen LogP) is 0.885. The monoisotopic (exact) mass is 182 g/mol. The van der Waals surface area contributed by atoms with Crippen LogP contribution in [-0.4, -0.2) is 0 Å². The number of rotatable bonds is 0. The smallest absolute Gasteiger partial charge is 0.394 e. The van der Waals surface area contributed by atoms with Crippen molar-refractivity contribution in [2.24, 2.45) is 0 Å². The highest BCUT2D eigenvalue weighted by atomic mass is 19.1. The van der Waals surface area contributed by atoms with Gasteiger partial charge in [-0.25, -0.2) is 14.0 Å². The molecule has 1 aromatic heterocycles. The number of fused-ring (bicyclic) bond motifs is 1. The van der Waals surface area contributed by atoms with E-state index in [2.05, 4.69) is 8.83 Å². The summed E-state index contributed by atoms with van der Waals surface area (Å²) in [6, 6.07) is 3.73. The van der Waals surface area contributed by atoms with Gasteiger partial charge in [0.25, 0.3) is 0 Å². The molecule has 0 radical (unpaired) electrons. The molecule has 1 heterocycles. The van der Waals surface area contributed by atoms with Crippen molar-refractivity contribution in [3.63, 3.8) is 0 Å². The van der Waals surface area contributed by atoms with E-state index in [1.807, 2.05) is 0 Å². The SMILES string of the molecule is O=c1oc(=O)c2c(F)cccc2o1. The minimum atomic E-state index is -1.14. The molecule has 1 aromatic carbocycles. The van der Waals surface area contributed by atoms with Crippen LogP contribution in [0.3, 0.4) is 0 Å². The van der Waals surface area contributed by atoms with Crippen molar-refractivity contribution in [1.29, 1.82) is 0 Å². The van der Waals surface area contributed by atoms with E-state index in [4.69, 9.17) is 0 Å². The molecule has 0 bridgehead atoms. The van der Waals surface area contributed by atoms with Gasteiger partial charge in [-0.05, 0) is 12.1 Å². The molecule has 0 fully saturated rings. The predicted molar refractivity (Wildman–Crippen MR) is 41.0 cm³/mol. The molecule has 0 aliphatic heterocycles. The lowest BCUT2D eigenvalue weighted by Crippen LogP contribution is -2.11. The molecule has 0 aliphatic rings. The molecule has 0 amide bonds. The molecule has 0 aliphatic carbocycles. The molecule has 2 aromatic rings. The first-order valence-electron chi connectivity index (χ1n) is 3.41. The lowest BCUT2D eigenvalue weighted by atomic mass is 10.2. The number of halogens is 1. The van der Waals surface area contributed by atoms with E-state index in [0.29, 0.717) is 0 Å². The Balaban J connectivity index is 3.12. The van der Waals surface area contributed by atoms with Gasteiger partial charge >= 0.3 is 11.4 Å². The van der Waals surface area contributed by atoms with Crippen LogP contribution in [0.5, 0.6) is 0 Å². The fourth-order valence-electron chi connectivity index (χ4n) is 1.02. The molecule has 0 saturated heterocycles. The Morgan fingerprint density at radius 1 is 1.15 bits per heavy atom. The zero-order chi connectivity index (χ0) is 9.42. The fraction of sp³-hybridized carbons (Fsp3) is 0. The molecule has 13 heavy (non-hydrogen) atoms. The third-order valence-corrected chi connectivity index (χ3v) is 1.55. The first kappa shape index (κ1) is 7.72. The van der Waals surface area contributed by atoms with Crippen molar-refractivity contribution < 1.29 is 13.2 Å². The summed E-state index contributed by atoms with van der Waals surface area (Å²) < 4.78 is 21.5. The maximum atomic E-state index is 13.0. The molecule has 0 unspecified atom stereocenters. The summed E-state index contributed by atoms with van der Waals surface area (Å²) in [6.45, 7) is 0. The van der Waals surface area contributed by atoms with Gasteiger partial charge in [0.1, 0.15) is 11.2 Å². The topological polar surface area (TPSA) is 60.4 Å². The van der Waals surface area contributed by atoms with Crippen LogP contribution in [-0.2, 0) is 0 Å². The summed E-state index contributed by atoms with van der Waals surface area (Å²) in [5.41, 5.74) is -1.13. The van der Waals surface area contributed by atoms with Crippen molar-refractivity contribution in [3.05, 3.63) is 45.1 Å². The van der Waals surface area contributed by atoms with Crippen LogP contribution in [0, 0.1) is 5.82 Å². The normalized spacial score (nSPS) is 10.5. The van der Waals surface area contributed by atoms with Crippen molar-refractivity contribution in [1.82, 2.24) is 0 Å². The van der Waals surface area contributed by atoms with E-state index in [9.17, 15) is 14.0 Å². The Morgan fingerprint density at radius 3 is 2.69 bits per heavy atom. The van der Waals surface area contributed by atoms with Gasteiger partial charge in [0.15, 0.2) is 5.58 Å². The van der Waals surface area contributed by atoms with E-state index in [0.717, 1.165) is 6.07 Å². The molecule has 0 saturated carbocycles. The zero-order valence-electron chi connectivity index (χ0n) is 6.24. The minimum Gasteiger partial charge on any atom is -0.394 e. The van der Waals surface area contributed by atoms with Gasteiger partial charge in [0.2, 0.25) is 0 Å². The van der Waals surface area contributed by atoms with Gasteiger partial charge in [-0.2, -0.15) is 0 Å². The van der Waals surface area contributed by atoms with Crippen molar-refractivity contribution >= 4 is 11.0 Å². The van der Waals surface area contributed by atoms with Crippen LogP contribution >= 0.6 is 0 Å². The van der Waals surface area contributed by atoms with Crippen LogP contribution in [0.1, 0.15) is 0 Å². The zero-order valence-corrected chi connectivity index (χ0v) is 6.24. The van der Waals surface area contributed by atoms with Crippen LogP contribution in [0.15, 0.2) is 36.6 Å². The maximum absolute atomic E-state index is 13.0. The molecule has 0 atom stereocenters. The second kappa shape index (κ2) is 2.55. The number of benzene rings is 1. The van der Waals surface area contributed by atoms with Gasteiger partial charge < -0.3 is 8.83 Å². The molecular formula is C8H3FO4. The highest BCUT2D eigenvalue weighted by Crippen LogP contribution is 2.10. The second-order valence-corrected chi connectivity index (χ2v) is 2.35. The van der Waals surface area contributed by atoms with Gasteiger partial charge in [0, 0.05) is 0 Å². The summed E-state index contributed by atoms with van der Waals surface area (Å²) in [5, 5.41) is -0.345. The van der Waals surface area contributed by atoms with E-state index in [-0.39, 0.29) is 11.0 Å². The number of hydrogen-bond donors (Lipinski definition) is 0. The van der Waals surface area contributed by atoms with E-state index in [1.165, 1.54) is 12.1 Å². The van der Waals surface area contributed by atoms with Crippen LogP contribution < -0.4 is 11.4 Å². The first-order valence-corrected chi connectivity index (χ1v) is 3.41. The van der Waals surface area contributed by atoms with Gasteiger partial charge in [0.05, 0.1) is 0 Å². The molecule has 2 rings (SSSR count). The van der Waals surface area contributed by atoms with E-state index in [1.54, 1.807) is 0 Å². The van der Waals surface area contributed by atoms with E-state index >= 15 is 0 Å². The Hall–Kier alpha value is -1.91. The van der Waals surface area contributed by atoms with Gasteiger partial charge in [-0.3, -0.25) is 0 Å². The third-order valence-electron chi connectivity index (χ3n) is 1.55. The molecule has 66 valence electrons. The third kappa shape index (κ3) is 1.14. The summed E-state index contributed by atoms with van der Waals surface area (Å²) in [5.74, 6) is -1.90. The van der Waals surface area contributed by atoms with E-state index < -0.39 is 17.3 Å². The van der Waals surface area contributed by atoms with Crippen LogP contribution in [0.2, 0.25) is 0 Å². The van der Waals surface area contributed by atoms with Crippen molar-refractivity contribution in [3.8, 4) is 0 Å². The fourth-order valence-corrected chi connectivity index (χ4v) is 1.02.